The van der Waals surface area contributed by atoms with Crippen LogP contribution in [0.2, 0.25) is 5.02 Å². The molecule has 0 aromatic heterocycles. The molecule has 0 saturated carbocycles. The first kappa shape index (κ1) is 58.4. The van der Waals surface area contributed by atoms with Gasteiger partial charge in [-0.2, -0.15) is 13.2 Å². The fourth-order valence-electron chi connectivity index (χ4n) is 8.14. The average Bonchev–Trinajstić information content (AvgIpc) is 3.49. The molecule has 4 aliphatic rings. The molecule has 6 rings (SSSR count). The number of aliphatic carboxylic acids is 5. The molecule has 0 unspecified atom stereocenters. The average molecular weight is 1030 g/mol. The van der Waals surface area contributed by atoms with E-state index < -0.39 is 65.4 Å². The molecule has 4 aliphatic heterocycles. The monoisotopic (exact) mass is 1030 g/mol. The lowest BCUT2D eigenvalue weighted by molar-refractivity contribution is -0.143. The van der Waals surface area contributed by atoms with E-state index in [1.54, 1.807) is 9.80 Å². The molecule has 4 heterocycles. The van der Waals surface area contributed by atoms with Crippen LogP contribution in [-0.2, 0) is 52.5 Å². The van der Waals surface area contributed by atoms with Crippen molar-refractivity contribution in [1.29, 1.82) is 0 Å². The summed E-state index contributed by atoms with van der Waals surface area (Å²) in [6.07, 6.45) is -1.85. The molecule has 0 aliphatic carbocycles. The predicted octanol–water partition coefficient (Wildman–Crippen LogP) is 4.69. The Kier molecular flexibility index (Phi) is 23.1. The number of rotatable bonds is 12. The second-order valence-electron chi connectivity index (χ2n) is 16.1. The van der Waals surface area contributed by atoms with E-state index in [1.165, 1.54) is 11.0 Å². The number of alkyl halides is 3. The van der Waals surface area contributed by atoms with Crippen molar-refractivity contribution in [2.45, 2.75) is 76.7 Å². The van der Waals surface area contributed by atoms with Gasteiger partial charge in [-0.25, -0.2) is 28.8 Å². The van der Waals surface area contributed by atoms with E-state index in [2.05, 4.69) is 10.2 Å². The number of nitrogens with one attached hydrogen (secondary N) is 1. The summed E-state index contributed by atoms with van der Waals surface area (Å²) in [5, 5.41) is 43.0. The van der Waals surface area contributed by atoms with Gasteiger partial charge in [0, 0.05) is 107 Å². The minimum Gasteiger partial charge on any atom is -0.480 e. The van der Waals surface area contributed by atoms with Gasteiger partial charge in [0.25, 0.3) is 5.91 Å². The van der Waals surface area contributed by atoms with Gasteiger partial charge >= 0.3 is 48.1 Å². The molecule has 3 saturated heterocycles. The summed E-state index contributed by atoms with van der Waals surface area (Å²) in [5.41, 5.74) is 5.75. The first-order valence-corrected chi connectivity index (χ1v) is 22.9. The Bertz CT molecular complexity index is 2190. The van der Waals surface area contributed by atoms with Crippen LogP contribution in [0.25, 0.3) is 0 Å². The molecular formula is C46H59ClF3N7O14. The Morgan fingerprint density at radius 2 is 1.28 bits per heavy atom. The fourth-order valence-corrected chi connectivity index (χ4v) is 8.39. The third-order valence-electron chi connectivity index (χ3n) is 11.5. The maximum absolute atomic E-state index is 14.0. The number of benzene rings is 2. The number of halogens is 4. The van der Waals surface area contributed by atoms with Crippen LogP contribution in [0.1, 0.15) is 56.2 Å². The molecule has 0 spiro atoms. The van der Waals surface area contributed by atoms with Crippen molar-refractivity contribution < 1.29 is 81.8 Å². The van der Waals surface area contributed by atoms with Gasteiger partial charge in [0.2, 0.25) is 0 Å². The van der Waals surface area contributed by atoms with Gasteiger partial charge in [-0.3, -0.25) is 19.4 Å². The molecule has 21 nitrogen and oxygen atoms in total. The number of nitrogens with zero attached hydrogens (tertiary/aromatic N) is 5. The first-order valence-electron chi connectivity index (χ1n) is 22.5. The number of carbonyl (C=O) groups is 8. The van der Waals surface area contributed by atoms with Gasteiger partial charge in [-0.15, -0.1) is 0 Å². The first-order chi connectivity index (χ1) is 33.5. The molecule has 4 amide bonds. The maximum atomic E-state index is 14.0. The maximum Gasteiger partial charge on any atom is 0.418 e. The van der Waals surface area contributed by atoms with Crippen LogP contribution >= 0.6 is 11.6 Å². The van der Waals surface area contributed by atoms with E-state index in [1.807, 2.05) is 43.0 Å². The van der Waals surface area contributed by atoms with Gasteiger partial charge in [0.1, 0.15) is 0 Å². The smallest absolute Gasteiger partial charge is 0.418 e. The number of para-hydroxylation sites is 1. The van der Waals surface area contributed by atoms with Crippen LogP contribution < -0.4 is 11.1 Å². The molecule has 390 valence electrons. The summed E-state index contributed by atoms with van der Waals surface area (Å²) in [7, 11) is 0. The van der Waals surface area contributed by atoms with E-state index in [0.29, 0.717) is 89.4 Å². The van der Waals surface area contributed by atoms with Crippen molar-refractivity contribution in [2.24, 2.45) is 0 Å². The lowest BCUT2D eigenvalue weighted by Gasteiger charge is -2.43. The third kappa shape index (κ3) is 19.1. The van der Waals surface area contributed by atoms with Crippen molar-refractivity contribution in [1.82, 2.24) is 24.5 Å². The zero-order chi connectivity index (χ0) is 53.0. The minimum absolute atomic E-state index is 0.00164. The minimum atomic E-state index is -4.79. The number of carbonyl (C=O) groups excluding carboxylic acids is 3. The zero-order valence-corrected chi connectivity index (χ0v) is 39.8. The number of urea groups is 1. The quantitative estimate of drug-likeness (QED) is 0.112. The fraction of sp³-hybridized carbons (Fsp3) is 0.478. The van der Waals surface area contributed by atoms with Crippen LogP contribution in [0.15, 0.2) is 60.7 Å². The van der Waals surface area contributed by atoms with E-state index in [0.717, 1.165) is 30.2 Å². The van der Waals surface area contributed by atoms with Crippen LogP contribution in [-0.4, -0.2) is 182 Å². The summed E-state index contributed by atoms with van der Waals surface area (Å²) >= 11 is 6.11. The highest BCUT2D eigenvalue weighted by molar-refractivity contribution is 6.33. The number of ether oxygens (including phenoxy) is 1. The third-order valence-corrected chi connectivity index (χ3v) is 11.8. The molecule has 25 heteroatoms. The van der Waals surface area contributed by atoms with Gasteiger partial charge in [0.05, 0.1) is 22.8 Å². The normalized spacial score (nSPS) is 17.4. The Balaban J connectivity index is 0.000000631. The highest BCUT2D eigenvalue weighted by Crippen LogP contribution is 2.38. The molecule has 0 bridgehead atoms. The number of fused-ring (bicyclic) bond motifs is 1. The second kappa shape index (κ2) is 28.1. The van der Waals surface area contributed by atoms with Crippen LogP contribution in [0.4, 0.5) is 34.1 Å². The molecule has 2 aromatic carbocycles. The largest absolute Gasteiger partial charge is 0.480 e. The number of likely N-dealkylation sites (tertiary alicyclic amines) is 2. The highest BCUT2D eigenvalue weighted by Gasteiger charge is 2.38. The molecule has 8 N–H and O–H groups in total. The molecule has 1 atom stereocenters. The van der Waals surface area contributed by atoms with E-state index in [9.17, 15) is 51.5 Å². The number of nitrogen functional groups attached to an aromatic ring is 1. The molecule has 3 fully saturated rings. The number of carboxylic acid groups (broad SMARTS) is 5. The van der Waals surface area contributed by atoms with Gasteiger partial charge in [-0.1, -0.05) is 43.6 Å². The van der Waals surface area contributed by atoms with Gasteiger partial charge in [-0.05, 0) is 61.4 Å². The van der Waals surface area contributed by atoms with Crippen molar-refractivity contribution in [3.63, 3.8) is 0 Å². The van der Waals surface area contributed by atoms with Crippen molar-refractivity contribution in [3.8, 4) is 0 Å². The Labute approximate surface area is 411 Å². The predicted molar refractivity (Wildman–Crippen MR) is 251 cm³/mol. The molecule has 0 radical (unpaired) electrons. The summed E-state index contributed by atoms with van der Waals surface area (Å²) in [4.78, 5) is 99.0. The van der Waals surface area contributed by atoms with Crippen LogP contribution in [0.3, 0.4) is 0 Å². The Morgan fingerprint density at radius 1 is 0.761 bits per heavy atom. The number of amides is 4. The standard InChI is InChI=1S/C36H45ClF3N7O6.2C4H4O4.C2H6/c37-28-20-23(19-27(32(28)41)36(38,39)40)21-30(33(50)45-17-15-44(16-18-45)25-6-10-43(11-7-25)22-31(48)49)53-35(52)46-12-8-26(9-13-46)47-14-5-24-3-1-2-4-29(24)42-34(47)51;2*5-3(6)1-2-4(7)8;1-2/h1-4,19-20,25-26,30H,5-18,21-22,41H2,(H,42,51)(H,48,49);2*1-2H,(H,5,6)(H,7,8);1-2H3/t30-;;;/m1.../s1. The van der Waals surface area contributed by atoms with Crippen LogP contribution in [0.5, 0.6) is 0 Å². The van der Waals surface area contributed by atoms with Crippen molar-refractivity contribution in [3.05, 3.63) is 82.4 Å². The number of hydrogen-bond acceptors (Lipinski definition) is 12. The Hall–Kier alpha value is -6.92. The number of hydrogen-bond donors (Lipinski definition) is 7. The van der Waals surface area contributed by atoms with Crippen molar-refractivity contribution >= 4 is 70.9 Å². The van der Waals surface area contributed by atoms with Crippen LogP contribution in [0, 0.1) is 0 Å². The summed E-state index contributed by atoms with van der Waals surface area (Å²) in [5.74, 6) is -6.41. The molecular weight excluding hydrogens is 967 g/mol. The number of piperidine rings is 2. The summed E-state index contributed by atoms with van der Waals surface area (Å²) in [6, 6.07) is 9.64. The summed E-state index contributed by atoms with van der Waals surface area (Å²) < 4.78 is 47.3. The molecule has 2 aromatic rings. The number of carboxylic acids is 5. The number of nitrogens with two attached hydrogens (primary N) is 1. The second-order valence-corrected chi connectivity index (χ2v) is 16.6. The SMILES string of the molecule is CC.Nc1c(Cl)cc(C[C@@H](OC(=O)N2CCC(N3CCc4ccccc4NC3=O)CC2)C(=O)N2CCN(C3CCN(CC(=O)O)CC3)CC2)cc1C(F)(F)F.O=C(O)C=CC(=O)O.O=C(O)C=CC(=O)O. The summed E-state index contributed by atoms with van der Waals surface area (Å²) in [6.45, 7) is 8.11. The number of piperazine rings is 1. The van der Waals surface area contributed by atoms with E-state index in [4.69, 9.17) is 47.6 Å². The Morgan fingerprint density at radius 3 is 1.79 bits per heavy atom. The van der Waals surface area contributed by atoms with Gasteiger partial charge in [0.15, 0.2) is 6.10 Å². The van der Waals surface area contributed by atoms with Gasteiger partial charge < -0.3 is 56.0 Å². The number of anilines is 2. The lowest BCUT2D eigenvalue weighted by atomic mass is 10.0. The zero-order valence-electron chi connectivity index (χ0n) is 39.1. The van der Waals surface area contributed by atoms with E-state index in [-0.39, 0.29) is 54.8 Å². The lowest BCUT2D eigenvalue weighted by Crippen LogP contribution is -2.56. The highest BCUT2D eigenvalue weighted by atomic mass is 35.5. The van der Waals surface area contributed by atoms with Crippen molar-refractivity contribution in [2.75, 3.05) is 76.5 Å². The van der Waals surface area contributed by atoms with E-state index >= 15 is 0 Å². The molecule has 71 heavy (non-hydrogen) atoms. The topological polar surface area (TPSA) is 301 Å².